The average Bonchev–Trinajstić information content (AvgIpc) is 2.47. The van der Waals surface area contributed by atoms with E-state index in [2.05, 4.69) is 0 Å². The first kappa shape index (κ1) is 14.3. The monoisotopic (exact) mass is 273 g/mol. The minimum absolute atomic E-state index is 0.158. The molecule has 1 heterocycles. The summed E-state index contributed by atoms with van der Waals surface area (Å²) in [6.07, 6.45) is 1.63. The molecule has 0 radical (unpaired) electrons. The minimum Gasteiger partial charge on any atom is -0.462 e. The highest BCUT2D eigenvalue weighted by atomic mass is 16.5. The van der Waals surface area contributed by atoms with Crippen LogP contribution in [0.2, 0.25) is 0 Å². The van der Waals surface area contributed by atoms with Gasteiger partial charge in [-0.15, -0.1) is 0 Å². The maximum Gasteiger partial charge on any atom is 0.339 e. The molecule has 0 bridgehead atoms. The summed E-state index contributed by atoms with van der Waals surface area (Å²) in [7, 11) is 0. The third-order valence-electron chi connectivity index (χ3n) is 3.12. The molecule has 0 fully saturated rings. The summed E-state index contributed by atoms with van der Waals surface area (Å²) < 4.78 is 6.85. The second-order valence-corrected chi connectivity index (χ2v) is 4.70. The zero-order valence-electron chi connectivity index (χ0n) is 11.9. The first-order chi connectivity index (χ1) is 9.69. The Morgan fingerprint density at radius 1 is 1.20 bits per heavy atom. The number of fused-ring (bicyclic) bond motifs is 1. The normalized spacial score (nSPS) is 10.7. The van der Waals surface area contributed by atoms with E-state index in [0.29, 0.717) is 18.7 Å². The number of para-hydroxylation sites is 1. The first-order valence-corrected chi connectivity index (χ1v) is 6.98. The van der Waals surface area contributed by atoms with Gasteiger partial charge in [-0.05, 0) is 18.9 Å². The Labute approximate surface area is 118 Å². The number of aromatic nitrogens is 1. The van der Waals surface area contributed by atoms with E-state index in [1.165, 1.54) is 6.07 Å². The van der Waals surface area contributed by atoms with Crippen LogP contribution in [0, 0.1) is 0 Å². The van der Waals surface area contributed by atoms with Crippen molar-refractivity contribution in [3.05, 3.63) is 46.2 Å². The second-order valence-electron chi connectivity index (χ2n) is 4.70. The van der Waals surface area contributed by atoms with Gasteiger partial charge in [0.05, 0.1) is 17.7 Å². The molecule has 0 aliphatic carbocycles. The molecule has 0 atom stereocenters. The Balaban J connectivity index is 2.60. The summed E-state index contributed by atoms with van der Waals surface area (Å²) in [5, 5.41) is 0.765. The zero-order valence-corrected chi connectivity index (χ0v) is 11.9. The number of aryl methyl sites for hydroxylation is 1. The number of ether oxygens (including phenoxy) is 1. The van der Waals surface area contributed by atoms with E-state index in [1.807, 2.05) is 38.1 Å². The van der Waals surface area contributed by atoms with Crippen LogP contribution < -0.4 is 5.56 Å². The lowest BCUT2D eigenvalue weighted by molar-refractivity contribution is 0.0507. The molecule has 4 heteroatoms. The molecule has 0 saturated carbocycles. The third-order valence-corrected chi connectivity index (χ3v) is 3.12. The van der Waals surface area contributed by atoms with Crippen molar-refractivity contribution in [3.63, 3.8) is 0 Å². The van der Waals surface area contributed by atoms with Gasteiger partial charge in [0.25, 0.3) is 5.56 Å². The number of carbonyl (C=O) groups excluding carboxylic acids is 1. The molecule has 4 nitrogen and oxygen atoms in total. The molecule has 106 valence electrons. The van der Waals surface area contributed by atoms with Crippen molar-refractivity contribution in [2.45, 2.75) is 33.2 Å². The fourth-order valence-corrected chi connectivity index (χ4v) is 2.23. The SMILES string of the molecule is CCCOC(=O)c1cc(=O)n(CCC)c2ccccc12. The highest BCUT2D eigenvalue weighted by Crippen LogP contribution is 2.18. The van der Waals surface area contributed by atoms with E-state index < -0.39 is 5.97 Å². The van der Waals surface area contributed by atoms with Crippen LogP contribution in [0.15, 0.2) is 35.1 Å². The molecular formula is C16H19NO3. The minimum atomic E-state index is -0.427. The number of pyridine rings is 1. The number of rotatable bonds is 5. The molecule has 0 saturated heterocycles. The maximum atomic E-state index is 12.2. The van der Waals surface area contributed by atoms with Crippen molar-refractivity contribution >= 4 is 16.9 Å². The van der Waals surface area contributed by atoms with E-state index in [9.17, 15) is 9.59 Å². The Bertz CT molecular complexity index is 673. The van der Waals surface area contributed by atoms with Crippen LogP contribution >= 0.6 is 0 Å². The van der Waals surface area contributed by atoms with Gasteiger partial charge in [-0.1, -0.05) is 32.0 Å². The molecule has 0 aliphatic rings. The van der Waals surface area contributed by atoms with Gasteiger partial charge in [0.1, 0.15) is 0 Å². The highest BCUT2D eigenvalue weighted by Gasteiger charge is 2.15. The Morgan fingerprint density at radius 2 is 1.95 bits per heavy atom. The Hall–Kier alpha value is -2.10. The van der Waals surface area contributed by atoms with Crippen LogP contribution in [-0.4, -0.2) is 17.1 Å². The maximum absolute atomic E-state index is 12.2. The third kappa shape index (κ3) is 2.74. The van der Waals surface area contributed by atoms with Gasteiger partial charge >= 0.3 is 5.97 Å². The summed E-state index contributed by atoms with van der Waals surface area (Å²) in [4.78, 5) is 24.2. The lowest BCUT2D eigenvalue weighted by Gasteiger charge is -2.12. The van der Waals surface area contributed by atoms with E-state index in [0.717, 1.165) is 23.7 Å². The number of carbonyl (C=O) groups is 1. The van der Waals surface area contributed by atoms with E-state index >= 15 is 0 Å². The molecule has 20 heavy (non-hydrogen) atoms. The van der Waals surface area contributed by atoms with Gasteiger partial charge in [-0.2, -0.15) is 0 Å². The van der Waals surface area contributed by atoms with Crippen LogP contribution in [-0.2, 0) is 11.3 Å². The van der Waals surface area contributed by atoms with Crippen LogP contribution in [0.25, 0.3) is 10.9 Å². The molecule has 0 aliphatic heterocycles. The van der Waals surface area contributed by atoms with Crippen molar-refractivity contribution in [1.29, 1.82) is 0 Å². The van der Waals surface area contributed by atoms with Gasteiger partial charge in [0, 0.05) is 18.0 Å². The summed E-state index contributed by atoms with van der Waals surface area (Å²) in [6.45, 7) is 4.96. The quantitative estimate of drug-likeness (QED) is 0.787. The van der Waals surface area contributed by atoms with Crippen molar-refractivity contribution in [3.8, 4) is 0 Å². The van der Waals surface area contributed by atoms with Crippen LogP contribution in [0.5, 0.6) is 0 Å². The van der Waals surface area contributed by atoms with Crippen molar-refractivity contribution < 1.29 is 9.53 Å². The molecule has 2 aromatic rings. The smallest absolute Gasteiger partial charge is 0.339 e. The molecule has 1 aromatic heterocycles. The fraction of sp³-hybridized carbons (Fsp3) is 0.375. The predicted octanol–water partition coefficient (Wildman–Crippen LogP) is 2.98. The van der Waals surface area contributed by atoms with Crippen LogP contribution in [0.3, 0.4) is 0 Å². The van der Waals surface area contributed by atoms with E-state index in [4.69, 9.17) is 4.74 Å². The van der Waals surface area contributed by atoms with Gasteiger partial charge in [0.15, 0.2) is 0 Å². The van der Waals surface area contributed by atoms with Crippen molar-refractivity contribution in [2.24, 2.45) is 0 Å². The number of benzene rings is 1. The lowest BCUT2D eigenvalue weighted by Crippen LogP contribution is -2.22. The Kier molecular flexibility index (Phi) is 4.56. The molecule has 0 unspecified atom stereocenters. The molecule has 0 N–H and O–H groups in total. The summed E-state index contributed by atoms with van der Waals surface area (Å²) in [6, 6.07) is 8.83. The molecule has 1 aromatic carbocycles. The number of esters is 1. The summed E-state index contributed by atoms with van der Waals surface area (Å²) in [5.74, 6) is -0.427. The summed E-state index contributed by atoms with van der Waals surface area (Å²) >= 11 is 0. The van der Waals surface area contributed by atoms with Crippen LogP contribution in [0.1, 0.15) is 37.0 Å². The highest BCUT2D eigenvalue weighted by molar-refractivity contribution is 6.03. The number of hydrogen-bond donors (Lipinski definition) is 0. The van der Waals surface area contributed by atoms with E-state index in [-0.39, 0.29) is 5.56 Å². The van der Waals surface area contributed by atoms with Gasteiger partial charge in [0.2, 0.25) is 0 Å². The average molecular weight is 273 g/mol. The molecular weight excluding hydrogens is 254 g/mol. The van der Waals surface area contributed by atoms with Crippen molar-refractivity contribution in [1.82, 2.24) is 4.57 Å². The standard InChI is InChI=1S/C16H19NO3/c1-3-9-17-14-8-6-5-7-12(14)13(11-15(17)18)16(19)20-10-4-2/h5-8,11H,3-4,9-10H2,1-2H3. The predicted molar refractivity (Wildman–Crippen MR) is 79.1 cm³/mol. The topological polar surface area (TPSA) is 48.3 Å². The molecule has 0 spiro atoms. The number of nitrogens with zero attached hydrogens (tertiary/aromatic N) is 1. The van der Waals surface area contributed by atoms with Gasteiger partial charge in [-0.3, -0.25) is 4.79 Å². The van der Waals surface area contributed by atoms with Gasteiger partial charge < -0.3 is 9.30 Å². The van der Waals surface area contributed by atoms with Crippen LogP contribution in [0.4, 0.5) is 0 Å². The zero-order chi connectivity index (χ0) is 14.5. The first-order valence-electron chi connectivity index (χ1n) is 6.98. The fourth-order valence-electron chi connectivity index (χ4n) is 2.23. The van der Waals surface area contributed by atoms with Crippen molar-refractivity contribution in [2.75, 3.05) is 6.61 Å². The molecule has 2 rings (SSSR count). The molecule has 0 amide bonds. The second kappa shape index (κ2) is 6.37. The number of hydrogen-bond acceptors (Lipinski definition) is 3. The lowest BCUT2D eigenvalue weighted by atomic mass is 10.1. The Morgan fingerprint density at radius 3 is 2.65 bits per heavy atom. The van der Waals surface area contributed by atoms with Gasteiger partial charge in [-0.25, -0.2) is 4.79 Å². The summed E-state index contributed by atoms with van der Waals surface area (Å²) in [5.41, 5.74) is 0.978. The largest absolute Gasteiger partial charge is 0.462 e. The van der Waals surface area contributed by atoms with E-state index in [1.54, 1.807) is 4.57 Å².